The summed E-state index contributed by atoms with van der Waals surface area (Å²) in [6.07, 6.45) is 8.60. The number of hydrogen-bond donors (Lipinski definition) is 1. The minimum Gasteiger partial charge on any atom is -0.491 e. The number of carbonyl (C=O) groups is 2. The first-order valence-corrected chi connectivity index (χ1v) is 8.94. The van der Waals surface area contributed by atoms with Gasteiger partial charge in [0.25, 0.3) is 5.91 Å². The highest BCUT2D eigenvalue weighted by Gasteiger charge is 2.16. The maximum absolute atomic E-state index is 11.8. The van der Waals surface area contributed by atoms with E-state index in [9.17, 15) is 9.59 Å². The quantitative estimate of drug-likeness (QED) is 0.607. The highest BCUT2D eigenvalue weighted by molar-refractivity contribution is 5.89. The standard InChI is InChI=1S/C20H27NO4/c1-15(2)25-18-10-6-7-16(13-18)11-12-20(23)24-14-19(22)21-17-8-4-3-5-9-17/h6-7,10-13,15,17H,3-5,8-9,14H2,1-2H3,(H,21,22)/b12-11+. The van der Waals surface area contributed by atoms with Gasteiger partial charge in [0, 0.05) is 12.1 Å². The Morgan fingerprint density at radius 3 is 2.72 bits per heavy atom. The van der Waals surface area contributed by atoms with E-state index in [1.807, 2.05) is 38.1 Å². The van der Waals surface area contributed by atoms with Gasteiger partial charge in [-0.25, -0.2) is 4.79 Å². The van der Waals surface area contributed by atoms with Crippen LogP contribution in [0.5, 0.6) is 5.75 Å². The van der Waals surface area contributed by atoms with E-state index in [0.29, 0.717) is 0 Å². The number of benzene rings is 1. The van der Waals surface area contributed by atoms with Gasteiger partial charge in [0.1, 0.15) is 5.75 Å². The van der Waals surface area contributed by atoms with Gasteiger partial charge in [0.2, 0.25) is 0 Å². The van der Waals surface area contributed by atoms with Crippen molar-refractivity contribution in [2.75, 3.05) is 6.61 Å². The van der Waals surface area contributed by atoms with Crippen LogP contribution in [0.2, 0.25) is 0 Å². The van der Waals surface area contributed by atoms with E-state index >= 15 is 0 Å². The van der Waals surface area contributed by atoms with Crippen LogP contribution in [0.15, 0.2) is 30.3 Å². The molecule has 1 N–H and O–H groups in total. The van der Waals surface area contributed by atoms with E-state index in [0.717, 1.165) is 37.0 Å². The molecular weight excluding hydrogens is 318 g/mol. The molecule has 1 aliphatic carbocycles. The van der Waals surface area contributed by atoms with Crippen molar-refractivity contribution >= 4 is 18.0 Å². The maximum atomic E-state index is 11.8. The molecule has 1 saturated carbocycles. The van der Waals surface area contributed by atoms with Crippen molar-refractivity contribution in [3.63, 3.8) is 0 Å². The smallest absolute Gasteiger partial charge is 0.331 e. The Labute approximate surface area is 149 Å². The molecule has 0 bridgehead atoms. The lowest BCUT2D eigenvalue weighted by Gasteiger charge is -2.22. The molecule has 0 spiro atoms. The largest absolute Gasteiger partial charge is 0.491 e. The Kier molecular flexibility index (Phi) is 7.51. The minimum atomic E-state index is -0.533. The second-order valence-electron chi connectivity index (χ2n) is 6.58. The maximum Gasteiger partial charge on any atom is 0.331 e. The van der Waals surface area contributed by atoms with E-state index in [-0.39, 0.29) is 24.7 Å². The molecule has 1 aliphatic rings. The molecule has 136 valence electrons. The molecule has 5 nitrogen and oxygen atoms in total. The molecule has 2 rings (SSSR count). The third kappa shape index (κ3) is 7.42. The first-order chi connectivity index (χ1) is 12.0. The summed E-state index contributed by atoms with van der Waals surface area (Å²) < 4.78 is 10.6. The Morgan fingerprint density at radius 1 is 1.24 bits per heavy atom. The molecule has 0 heterocycles. The van der Waals surface area contributed by atoms with Gasteiger partial charge >= 0.3 is 5.97 Å². The number of esters is 1. The summed E-state index contributed by atoms with van der Waals surface area (Å²) in [5, 5.41) is 2.92. The predicted octanol–water partition coefficient (Wildman–Crippen LogP) is 3.48. The van der Waals surface area contributed by atoms with E-state index in [4.69, 9.17) is 9.47 Å². The molecule has 0 aromatic heterocycles. The summed E-state index contributed by atoms with van der Waals surface area (Å²) in [4.78, 5) is 23.6. The summed E-state index contributed by atoms with van der Waals surface area (Å²) in [5.74, 6) is -0.0210. The summed E-state index contributed by atoms with van der Waals surface area (Å²) in [6, 6.07) is 7.66. The third-order valence-corrected chi connectivity index (χ3v) is 3.96. The SMILES string of the molecule is CC(C)Oc1cccc(/C=C/C(=O)OCC(=O)NC2CCCCC2)c1. The van der Waals surface area contributed by atoms with Gasteiger partial charge in [-0.1, -0.05) is 31.4 Å². The number of nitrogens with one attached hydrogen (secondary N) is 1. The summed E-state index contributed by atoms with van der Waals surface area (Å²) in [5.41, 5.74) is 0.835. The van der Waals surface area contributed by atoms with Gasteiger partial charge in [0.05, 0.1) is 6.10 Å². The van der Waals surface area contributed by atoms with E-state index in [2.05, 4.69) is 5.32 Å². The fourth-order valence-electron chi connectivity index (χ4n) is 2.83. The molecular formula is C20H27NO4. The van der Waals surface area contributed by atoms with Gasteiger partial charge in [-0.2, -0.15) is 0 Å². The van der Waals surface area contributed by atoms with Crippen LogP contribution in [0, 0.1) is 0 Å². The normalized spacial score (nSPS) is 15.3. The lowest BCUT2D eigenvalue weighted by molar-refractivity contribution is -0.144. The van der Waals surface area contributed by atoms with Crippen LogP contribution >= 0.6 is 0 Å². The summed E-state index contributed by atoms with van der Waals surface area (Å²) in [6.45, 7) is 3.67. The predicted molar refractivity (Wildman–Crippen MR) is 97.2 cm³/mol. The van der Waals surface area contributed by atoms with Crippen molar-refractivity contribution in [3.05, 3.63) is 35.9 Å². The number of hydrogen-bond acceptors (Lipinski definition) is 4. The average molecular weight is 345 g/mol. The zero-order valence-electron chi connectivity index (χ0n) is 15.0. The van der Waals surface area contributed by atoms with Gasteiger partial charge in [0.15, 0.2) is 6.61 Å². The van der Waals surface area contributed by atoms with Gasteiger partial charge < -0.3 is 14.8 Å². The van der Waals surface area contributed by atoms with E-state index in [1.54, 1.807) is 6.08 Å². The Hall–Kier alpha value is -2.30. The molecule has 0 radical (unpaired) electrons. The second kappa shape index (κ2) is 9.87. The van der Waals surface area contributed by atoms with Crippen LogP contribution in [-0.4, -0.2) is 30.6 Å². The van der Waals surface area contributed by atoms with Crippen molar-refractivity contribution in [2.24, 2.45) is 0 Å². The highest BCUT2D eigenvalue weighted by Crippen LogP contribution is 2.17. The Morgan fingerprint density at radius 2 is 2.00 bits per heavy atom. The molecule has 1 amide bonds. The number of carbonyl (C=O) groups excluding carboxylic acids is 2. The van der Waals surface area contributed by atoms with Crippen LogP contribution in [0.3, 0.4) is 0 Å². The Bertz CT molecular complexity index is 603. The molecule has 0 atom stereocenters. The first kappa shape index (κ1) is 19.0. The van der Waals surface area contributed by atoms with E-state index in [1.165, 1.54) is 12.5 Å². The fourth-order valence-corrected chi connectivity index (χ4v) is 2.83. The lowest BCUT2D eigenvalue weighted by atomic mass is 9.95. The average Bonchev–Trinajstić information content (AvgIpc) is 2.59. The number of rotatable bonds is 7. The van der Waals surface area contributed by atoms with Crippen LogP contribution in [-0.2, 0) is 14.3 Å². The number of amides is 1. The van der Waals surface area contributed by atoms with Crippen LogP contribution in [0.25, 0.3) is 6.08 Å². The molecule has 0 unspecified atom stereocenters. The molecule has 25 heavy (non-hydrogen) atoms. The summed E-state index contributed by atoms with van der Waals surface area (Å²) in [7, 11) is 0. The van der Waals surface area contributed by atoms with Crippen molar-refractivity contribution in [3.8, 4) is 5.75 Å². The Balaban J connectivity index is 1.75. The van der Waals surface area contributed by atoms with Crippen LogP contribution in [0.1, 0.15) is 51.5 Å². The molecule has 0 saturated heterocycles. The van der Waals surface area contributed by atoms with E-state index < -0.39 is 5.97 Å². The highest BCUT2D eigenvalue weighted by atomic mass is 16.5. The molecule has 5 heteroatoms. The third-order valence-electron chi connectivity index (χ3n) is 3.96. The summed E-state index contributed by atoms with van der Waals surface area (Å²) >= 11 is 0. The topological polar surface area (TPSA) is 64.6 Å². The first-order valence-electron chi connectivity index (χ1n) is 8.94. The van der Waals surface area contributed by atoms with Crippen molar-refractivity contribution < 1.29 is 19.1 Å². The lowest BCUT2D eigenvalue weighted by Crippen LogP contribution is -2.38. The van der Waals surface area contributed by atoms with Gasteiger partial charge in [-0.15, -0.1) is 0 Å². The monoisotopic (exact) mass is 345 g/mol. The zero-order chi connectivity index (χ0) is 18.1. The fraction of sp³-hybridized carbons (Fsp3) is 0.500. The van der Waals surface area contributed by atoms with Crippen LogP contribution < -0.4 is 10.1 Å². The molecule has 0 aliphatic heterocycles. The van der Waals surface area contributed by atoms with Gasteiger partial charge in [-0.3, -0.25) is 4.79 Å². The minimum absolute atomic E-state index is 0.0897. The zero-order valence-corrected chi connectivity index (χ0v) is 15.0. The van der Waals surface area contributed by atoms with Crippen LogP contribution in [0.4, 0.5) is 0 Å². The van der Waals surface area contributed by atoms with Crippen molar-refractivity contribution in [1.82, 2.24) is 5.32 Å². The molecule has 1 aromatic rings. The van der Waals surface area contributed by atoms with Gasteiger partial charge in [-0.05, 0) is 50.5 Å². The molecule has 1 fully saturated rings. The van der Waals surface area contributed by atoms with Crippen molar-refractivity contribution in [2.45, 2.75) is 58.1 Å². The second-order valence-corrected chi connectivity index (χ2v) is 6.58. The number of ether oxygens (including phenoxy) is 2. The van der Waals surface area contributed by atoms with Crippen molar-refractivity contribution in [1.29, 1.82) is 0 Å². The molecule has 1 aromatic carbocycles.